The summed E-state index contributed by atoms with van der Waals surface area (Å²) in [6.45, 7) is 0.438. The van der Waals surface area contributed by atoms with Crippen LogP contribution >= 0.6 is 0 Å². The molecule has 0 aliphatic heterocycles. The number of benzene rings is 2. The third-order valence-corrected chi connectivity index (χ3v) is 3.23. The fourth-order valence-corrected chi connectivity index (χ4v) is 2.17. The van der Waals surface area contributed by atoms with Gasteiger partial charge in [0, 0.05) is 6.54 Å². The third-order valence-electron chi connectivity index (χ3n) is 3.23. The summed E-state index contributed by atoms with van der Waals surface area (Å²) >= 11 is 0. The first-order valence-electron chi connectivity index (χ1n) is 7.05. The molecule has 2 aromatic carbocycles. The molecule has 0 aliphatic rings. The van der Waals surface area contributed by atoms with E-state index >= 15 is 0 Å². The summed E-state index contributed by atoms with van der Waals surface area (Å²) in [6.07, 6.45) is 0. The van der Waals surface area contributed by atoms with Gasteiger partial charge in [0.2, 0.25) is 5.91 Å². The van der Waals surface area contributed by atoms with E-state index in [1.54, 1.807) is 30.1 Å². The average Bonchev–Trinajstić information content (AvgIpc) is 2.49. The molecule has 0 aliphatic carbocycles. The summed E-state index contributed by atoms with van der Waals surface area (Å²) in [5, 5.41) is 2.51. The number of ether oxygens (including phenoxy) is 1. The lowest BCUT2D eigenvalue weighted by atomic mass is 10.2. The SMILES string of the molecule is COc1ccc(CN(C)CC(=O)Nc2ccccc2F)cc1F. The highest BCUT2D eigenvalue weighted by atomic mass is 19.1. The van der Waals surface area contributed by atoms with Gasteiger partial charge >= 0.3 is 0 Å². The lowest BCUT2D eigenvalue weighted by molar-refractivity contribution is -0.117. The number of hydrogen-bond donors (Lipinski definition) is 1. The van der Waals surface area contributed by atoms with Gasteiger partial charge in [-0.3, -0.25) is 9.69 Å². The molecule has 0 bridgehead atoms. The van der Waals surface area contributed by atoms with E-state index in [1.165, 1.54) is 31.4 Å². The first-order valence-corrected chi connectivity index (χ1v) is 7.05. The zero-order valence-corrected chi connectivity index (χ0v) is 13.0. The fraction of sp³-hybridized carbons (Fsp3) is 0.235. The first-order chi connectivity index (χ1) is 11.0. The number of methoxy groups -OCH3 is 1. The molecule has 0 fully saturated rings. The van der Waals surface area contributed by atoms with Gasteiger partial charge in [0.25, 0.3) is 0 Å². The van der Waals surface area contributed by atoms with Crippen molar-refractivity contribution in [3.05, 3.63) is 59.7 Å². The van der Waals surface area contributed by atoms with Crippen LogP contribution in [0.25, 0.3) is 0 Å². The number of para-hydroxylation sites is 1. The zero-order valence-electron chi connectivity index (χ0n) is 13.0. The number of rotatable bonds is 6. The molecular formula is C17H18F2N2O2. The highest BCUT2D eigenvalue weighted by Crippen LogP contribution is 2.18. The summed E-state index contributed by atoms with van der Waals surface area (Å²) in [4.78, 5) is 13.6. The Bertz CT molecular complexity index is 692. The molecule has 0 unspecified atom stereocenters. The van der Waals surface area contributed by atoms with Crippen LogP contribution in [-0.2, 0) is 11.3 Å². The molecule has 0 aromatic heterocycles. The highest BCUT2D eigenvalue weighted by Gasteiger charge is 2.11. The number of nitrogens with zero attached hydrogens (tertiary/aromatic N) is 1. The number of amides is 1. The Balaban J connectivity index is 1.91. The summed E-state index contributed by atoms with van der Waals surface area (Å²) < 4.78 is 32.0. The molecule has 0 heterocycles. The number of carbonyl (C=O) groups is 1. The second kappa shape index (κ2) is 7.69. The van der Waals surface area contributed by atoms with Gasteiger partial charge in [-0.2, -0.15) is 0 Å². The monoisotopic (exact) mass is 320 g/mol. The van der Waals surface area contributed by atoms with Gasteiger partial charge in [0.05, 0.1) is 19.3 Å². The normalized spacial score (nSPS) is 10.7. The van der Waals surface area contributed by atoms with Crippen LogP contribution in [0.5, 0.6) is 5.75 Å². The lowest BCUT2D eigenvalue weighted by Gasteiger charge is -2.17. The number of hydrogen-bond acceptors (Lipinski definition) is 3. The minimum Gasteiger partial charge on any atom is -0.494 e. The van der Waals surface area contributed by atoms with Crippen LogP contribution in [0.1, 0.15) is 5.56 Å². The van der Waals surface area contributed by atoms with Gasteiger partial charge in [0.1, 0.15) is 5.82 Å². The van der Waals surface area contributed by atoms with Crippen molar-refractivity contribution < 1.29 is 18.3 Å². The maximum atomic E-state index is 13.6. The predicted octanol–water partition coefficient (Wildman–Crippen LogP) is 3.04. The van der Waals surface area contributed by atoms with Gasteiger partial charge in [-0.1, -0.05) is 18.2 Å². The van der Waals surface area contributed by atoms with Crippen molar-refractivity contribution in [2.75, 3.05) is 26.0 Å². The second-order valence-corrected chi connectivity index (χ2v) is 5.17. The Hall–Kier alpha value is -2.47. The third kappa shape index (κ3) is 4.75. The predicted molar refractivity (Wildman–Crippen MR) is 84.3 cm³/mol. The minimum absolute atomic E-state index is 0.0575. The number of halogens is 2. The minimum atomic E-state index is -0.485. The van der Waals surface area contributed by atoms with Crippen molar-refractivity contribution in [3.63, 3.8) is 0 Å². The van der Waals surface area contributed by atoms with Gasteiger partial charge in [-0.05, 0) is 36.9 Å². The Morgan fingerprint density at radius 2 is 1.91 bits per heavy atom. The molecule has 6 heteroatoms. The summed E-state index contributed by atoms with van der Waals surface area (Å²) in [5.74, 6) is -1.10. The quantitative estimate of drug-likeness (QED) is 0.889. The van der Waals surface area contributed by atoms with E-state index in [-0.39, 0.29) is 23.9 Å². The summed E-state index contributed by atoms with van der Waals surface area (Å²) in [6, 6.07) is 10.6. The van der Waals surface area contributed by atoms with Gasteiger partial charge < -0.3 is 10.1 Å². The number of carbonyl (C=O) groups excluding carboxylic acids is 1. The van der Waals surface area contributed by atoms with E-state index in [2.05, 4.69) is 5.32 Å². The Morgan fingerprint density at radius 3 is 2.57 bits per heavy atom. The summed E-state index contributed by atoms with van der Waals surface area (Å²) in [5.41, 5.74) is 0.853. The van der Waals surface area contributed by atoms with Crippen molar-refractivity contribution in [2.24, 2.45) is 0 Å². The van der Waals surface area contributed by atoms with E-state index in [4.69, 9.17) is 4.74 Å². The van der Waals surface area contributed by atoms with Crippen LogP contribution in [0.3, 0.4) is 0 Å². The van der Waals surface area contributed by atoms with Crippen LogP contribution in [-0.4, -0.2) is 31.5 Å². The maximum absolute atomic E-state index is 13.6. The first kappa shape index (κ1) is 16.9. The largest absolute Gasteiger partial charge is 0.494 e. The number of anilines is 1. The molecule has 0 spiro atoms. The van der Waals surface area contributed by atoms with E-state index < -0.39 is 11.6 Å². The summed E-state index contributed by atoms with van der Waals surface area (Å²) in [7, 11) is 3.13. The standard InChI is InChI=1S/C17H18F2N2O2/c1-21(10-12-7-8-16(23-2)14(19)9-12)11-17(22)20-15-6-4-3-5-13(15)18/h3-9H,10-11H2,1-2H3,(H,20,22). The maximum Gasteiger partial charge on any atom is 0.238 e. The lowest BCUT2D eigenvalue weighted by Crippen LogP contribution is -2.30. The molecule has 0 saturated heterocycles. The molecule has 23 heavy (non-hydrogen) atoms. The van der Waals surface area contributed by atoms with E-state index in [9.17, 15) is 13.6 Å². The highest BCUT2D eigenvalue weighted by molar-refractivity contribution is 5.92. The second-order valence-electron chi connectivity index (χ2n) is 5.17. The van der Waals surface area contributed by atoms with Crippen LogP contribution in [0.4, 0.5) is 14.5 Å². The Kier molecular flexibility index (Phi) is 5.65. The zero-order chi connectivity index (χ0) is 16.8. The molecule has 2 aromatic rings. The molecule has 2 rings (SSSR count). The molecule has 0 atom stereocenters. The van der Waals surface area contributed by atoms with E-state index in [0.29, 0.717) is 12.1 Å². The van der Waals surface area contributed by atoms with Crippen LogP contribution in [0.15, 0.2) is 42.5 Å². The smallest absolute Gasteiger partial charge is 0.238 e. The van der Waals surface area contributed by atoms with Crippen LogP contribution in [0, 0.1) is 11.6 Å². The van der Waals surface area contributed by atoms with Gasteiger partial charge in [0.15, 0.2) is 11.6 Å². The van der Waals surface area contributed by atoms with E-state index in [1.807, 2.05) is 0 Å². The average molecular weight is 320 g/mol. The molecular weight excluding hydrogens is 302 g/mol. The van der Waals surface area contributed by atoms with Crippen molar-refractivity contribution in [1.82, 2.24) is 4.90 Å². The fourth-order valence-electron chi connectivity index (χ4n) is 2.17. The van der Waals surface area contributed by atoms with Crippen molar-refractivity contribution in [1.29, 1.82) is 0 Å². The number of nitrogens with one attached hydrogen (secondary N) is 1. The number of likely N-dealkylation sites (N-methyl/N-ethyl adjacent to an activating group) is 1. The van der Waals surface area contributed by atoms with Crippen LogP contribution in [0.2, 0.25) is 0 Å². The van der Waals surface area contributed by atoms with Gasteiger partial charge in [-0.15, -0.1) is 0 Å². The van der Waals surface area contributed by atoms with Crippen molar-refractivity contribution >= 4 is 11.6 Å². The van der Waals surface area contributed by atoms with Gasteiger partial charge in [-0.25, -0.2) is 8.78 Å². The molecule has 4 nitrogen and oxygen atoms in total. The Labute approximate surface area is 133 Å². The topological polar surface area (TPSA) is 41.6 Å². The molecule has 0 radical (unpaired) electrons. The molecule has 122 valence electrons. The van der Waals surface area contributed by atoms with Crippen molar-refractivity contribution in [3.8, 4) is 5.75 Å². The molecule has 0 saturated carbocycles. The molecule has 1 N–H and O–H groups in total. The van der Waals surface area contributed by atoms with E-state index in [0.717, 1.165) is 0 Å². The Morgan fingerprint density at radius 1 is 1.17 bits per heavy atom. The van der Waals surface area contributed by atoms with Crippen LogP contribution < -0.4 is 10.1 Å². The molecule has 1 amide bonds. The van der Waals surface area contributed by atoms with Crippen molar-refractivity contribution in [2.45, 2.75) is 6.54 Å².